The molecule has 0 aliphatic carbocycles. The first-order chi connectivity index (χ1) is 10.2. The zero-order valence-electron chi connectivity index (χ0n) is 12.0. The number of hydrogen-bond donors (Lipinski definition) is 0. The fourth-order valence-electron chi connectivity index (χ4n) is 2.24. The van der Waals surface area contributed by atoms with Crippen LogP contribution in [0.15, 0.2) is 52.3 Å². The van der Waals surface area contributed by atoms with Crippen LogP contribution in [0.1, 0.15) is 22.3 Å². The van der Waals surface area contributed by atoms with Gasteiger partial charge in [0.15, 0.2) is 5.78 Å². The maximum Gasteiger partial charge on any atom is 0.164 e. The first-order valence-electron chi connectivity index (χ1n) is 6.77. The number of Topliss-reactive ketones (excluding diaryl/α,β-unsaturated/α-hetero) is 1. The molecule has 3 rings (SSSR count). The molecule has 0 saturated carbocycles. The highest BCUT2D eigenvalue weighted by atomic mass is 32.2. The van der Waals surface area contributed by atoms with Crippen molar-refractivity contribution >= 4 is 29.3 Å². The maximum atomic E-state index is 12.4. The third kappa shape index (κ3) is 3.27. The van der Waals surface area contributed by atoms with Crippen LogP contribution in [0.3, 0.4) is 0 Å². The predicted molar refractivity (Wildman–Crippen MR) is 88.6 cm³/mol. The second kappa shape index (κ2) is 6.16. The molecule has 0 aromatic heterocycles. The molecule has 0 fully saturated rings. The smallest absolute Gasteiger partial charge is 0.164 e. The van der Waals surface area contributed by atoms with Gasteiger partial charge in [-0.2, -0.15) is 0 Å². The van der Waals surface area contributed by atoms with E-state index in [2.05, 4.69) is 25.1 Å². The largest absolute Gasteiger partial charge is 0.497 e. The van der Waals surface area contributed by atoms with E-state index >= 15 is 0 Å². The minimum atomic E-state index is 0.187. The Morgan fingerprint density at radius 1 is 1.10 bits per heavy atom. The molecule has 0 bridgehead atoms. The molecule has 0 radical (unpaired) electrons. The minimum Gasteiger partial charge on any atom is -0.497 e. The van der Waals surface area contributed by atoms with Gasteiger partial charge in [-0.1, -0.05) is 6.07 Å². The van der Waals surface area contributed by atoms with Crippen LogP contribution in [-0.2, 0) is 0 Å². The van der Waals surface area contributed by atoms with Gasteiger partial charge in [0.05, 0.1) is 11.7 Å². The van der Waals surface area contributed by atoms with E-state index < -0.39 is 0 Å². The fourth-order valence-corrected chi connectivity index (χ4v) is 5.14. The van der Waals surface area contributed by atoms with E-state index in [4.69, 9.17) is 4.74 Å². The fraction of sp³-hybridized carbons (Fsp3) is 0.235. The molecule has 1 heterocycles. The Balaban J connectivity index is 1.66. The quantitative estimate of drug-likeness (QED) is 0.757. The lowest BCUT2D eigenvalue weighted by molar-refractivity contribution is 0.0987. The van der Waals surface area contributed by atoms with Crippen LogP contribution in [0.5, 0.6) is 5.75 Å². The number of hydrogen-bond acceptors (Lipinski definition) is 4. The lowest BCUT2D eigenvalue weighted by atomic mass is 10.1. The zero-order valence-corrected chi connectivity index (χ0v) is 13.6. The molecule has 0 amide bonds. The normalized spacial score (nSPS) is 16.6. The van der Waals surface area contributed by atoms with Crippen molar-refractivity contribution in [3.8, 4) is 5.75 Å². The number of ether oxygens (including phenoxy) is 1. The summed E-state index contributed by atoms with van der Waals surface area (Å²) in [6.45, 7) is 2.10. The first kappa shape index (κ1) is 14.5. The molecule has 1 aliphatic rings. The van der Waals surface area contributed by atoms with Gasteiger partial charge in [-0.15, -0.1) is 23.5 Å². The van der Waals surface area contributed by atoms with Crippen molar-refractivity contribution in [3.05, 3.63) is 53.6 Å². The highest BCUT2D eigenvalue weighted by Gasteiger charge is 2.25. The molecule has 0 N–H and O–H groups in total. The predicted octanol–water partition coefficient (Wildman–Crippen LogP) is 4.80. The van der Waals surface area contributed by atoms with E-state index in [1.807, 2.05) is 24.3 Å². The Labute approximate surface area is 133 Å². The molecule has 1 unspecified atom stereocenters. The van der Waals surface area contributed by atoms with Crippen LogP contribution in [0.4, 0.5) is 0 Å². The minimum absolute atomic E-state index is 0.187. The molecular formula is C17H16O2S2. The van der Waals surface area contributed by atoms with Crippen LogP contribution >= 0.6 is 23.5 Å². The van der Waals surface area contributed by atoms with Crippen molar-refractivity contribution in [2.45, 2.75) is 27.7 Å². The van der Waals surface area contributed by atoms with E-state index in [0.717, 1.165) is 11.3 Å². The molecule has 21 heavy (non-hydrogen) atoms. The summed E-state index contributed by atoms with van der Waals surface area (Å²) in [6.07, 6.45) is 0.551. The second-order valence-electron chi connectivity index (χ2n) is 4.97. The van der Waals surface area contributed by atoms with Crippen LogP contribution in [0.25, 0.3) is 0 Å². The van der Waals surface area contributed by atoms with Crippen molar-refractivity contribution in [2.75, 3.05) is 7.11 Å². The van der Waals surface area contributed by atoms with Crippen molar-refractivity contribution in [1.82, 2.24) is 0 Å². The van der Waals surface area contributed by atoms with Gasteiger partial charge in [-0.25, -0.2) is 0 Å². The maximum absolute atomic E-state index is 12.4. The Kier molecular flexibility index (Phi) is 4.27. The molecule has 0 spiro atoms. The summed E-state index contributed by atoms with van der Waals surface area (Å²) < 4.78 is 5.39. The zero-order chi connectivity index (χ0) is 14.8. The van der Waals surface area contributed by atoms with Crippen molar-refractivity contribution in [1.29, 1.82) is 0 Å². The van der Waals surface area contributed by atoms with Crippen LogP contribution in [0.2, 0.25) is 0 Å². The molecule has 2 aromatic rings. The SMILES string of the molecule is COc1ccc(C(=O)CC2Sc3ccc(C)cc3S2)cc1. The highest BCUT2D eigenvalue weighted by Crippen LogP contribution is 2.49. The number of aryl methyl sites for hydroxylation is 1. The standard InChI is InChI=1S/C17H16O2S2/c1-11-3-8-15-16(9-11)21-17(20-15)10-14(18)12-4-6-13(19-2)7-5-12/h3-9,17H,10H2,1-2H3. The Morgan fingerprint density at radius 3 is 2.52 bits per heavy atom. The average molecular weight is 316 g/mol. The number of carbonyl (C=O) groups is 1. The molecular weight excluding hydrogens is 300 g/mol. The average Bonchev–Trinajstić information content (AvgIpc) is 2.88. The van der Waals surface area contributed by atoms with E-state index in [-0.39, 0.29) is 10.4 Å². The van der Waals surface area contributed by atoms with Gasteiger partial charge in [0.2, 0.25) is 0 Å². The van der Waals surface area contributed by atoms with E-state index in [0.29, 0.717) is 6.42 Å². The Hall–Kier alpha value is -1.39. The van der Waals surface area contributed by atoms with Crippen molar-refractivity contribution < 1.29 is 9.53 Å². The Bertz CT molecular complexity index is 665. The Morgan fingerprint density at radius 2 is 1.81 bits per heavy atom. The number of thioether (sulfide) groups is 2. The topological polar surface area (TPSA) is 26.3 Å². The number of methoxy groups -OCH3 is 1. The van der Waals surface area contributed by atoms with Crippen LogP contribution in [0, 0.1) is 6.92 Å². The van der Waals surface area contributed by atoms with Gasteiger partial charge in [0.1, 0.15) is 5.75 Å². The summed E-state index contributed by atoms with van der Waals surface area (Å²) >= 11 is 3.59. The molecule has 2 nitrogen and oxygen atoms in total. The lowest BCUT2D eigenvalue weighted by Gasteiger charge is -2.07. The number of benzene rings is 2. The summed E-state index contributed by atoms with van der Waals surface area (Å²) in [5.74, 6) is 0.964. The van der Waals surface area contributed by atoms with Gasteiger partial charge < -0.3 is 4.74 Å². The third-order valence-corrected chi connectivity index (χ3v) is 6.15. The summed E-state index contributed by atoms with van der Waals surface area (Å²) in [4.78, 5) is 14.9. The number of rotatable bonds is 4. The summed E-state index contributed by atoms with van der Waals surface area (Å²) in [6, 6.07) is 13.8. The second-order valence-corrected chi connectivity index (χ2v) is 7.76. The van der Waals surface area contributed by atoms with Gasteiger partial charge in [0, 0.05) is 21.8 Å². The summed E-state index contributed by atoms with van der Waals surface area (Å²) in [5.41, 5.74) is 2.02. The number of carbonyl (C=O) groups excluding carboxylic acids is 1. The van der Waals surface area contributed by atoms with Gasteiger partial charge >= 0.3 is 0 Å². The van der Waals surface area contributed by atoms with Crippen molar-refractivity contribution in [3.63, 3.8) is 0 Å². The first-order valence-corrected chi connectivity index (χ1v) is 8.53. The molecule has 4 heteroatoms. The molecule has 2 aromatic carbocycles. The van der Waals surface area contributed by atoms with Gasteiger partial charge in [0.25, 0.3) is 0 Å². The summed E-state index contributed by atoms with van der Waals surface area (Å²) in [5, 5.41) is 0. The lowest BCUT2D eigenvalue weighted by Crippen LogP contribution is -2.05. The molecule has 108 valence electrons. The van der Waals surface area contributed by atoms with E-state index in [9.17, 15) is 4.79 Å². The number of fused-ring (bicyclic) bond motifs is 1. The highest BCUT2D eigenvalue weighted by molar-refractivity contribution is 8.19. The van der Waals surface area contributed by atoms with E-state index in [1.54, 1.807) is 30.6 Å². The number of ketones is 1. The van der Waals surface area contributed by atoms with Crippen LogP contribution < -0.4 is 4.74 Å². The van der Waals surface area contributed by atoms with Crippen molar-refractivity contribution in [2.24, 2.45) is 0 Å². The van der Waals surface area contributed by atoms with Gasteiger partial charge in [-0.05, 0) is 48.9 Å². The summed E-state index contributed by atoms with van der Waals surface area (Å²) in [7, 11) is 1.63. The third-order valence-electron chi connectivity index (χ3n) is 3.38. The monoisotopic (exact) mass is 316 g/mol. The molecule has 1 atom stereocenters. The molecule has 0 saturated heterocycles. The van der Waals surface area contributed by atoms with Gasteiger partial charge in [-0.3, -0.25) is 4.79 Å². The van der Waals surface area contributed by atoms with E-state index in [1.165, 1.54) is 15.4 Å². The molecule has 1 aliphatic heterocycles. The van der Waals surface area contributed by atoms with Crippen LogP contribution in [-0.4, -0.2) is 17.5 Å².